The van der Waals surface area contributed by atoms with Crippen molar-refractivity contribution in [2.45, 2.75) is 13.8 Å². The van der Waals surface area contributed by atoms with E-state index in [2.05, 4.69) is 0 Å². The molecule has 0 aromatic heterocycles. The van der Waals surface area contributed by atoms with Crippen molar-refractivity contribution < 1.29 is 4.79 Å². The number of hydrazine groups is 1. The first-order chi connectivity index (χ1) is 6.07. The number of carbonyl (C=O) groups excluding carboxylic acids is 1. The molecule has 0 aliphatic heterocycles. The van der Waals surface area contributed by atoms with Gasteiger partial charge in [0.2, 0.25) is 0 Å². The average molecular weight is 199 g/mol. The van der Waals surface area contributed by atoms with Crippen LogP contribution in [-0.2, 0) is 0 Å². The number of nitrogens with one attached hydrogen (secondary N) is 1. The predicted octanol–water partition coefficient (Wildman–Crippen LogP) is 1.56. The molecule has 0 atom stereocenters. The van der Waals surface area contributed by atoms with Gasteiger partial charge in [0.25, 0.3) is 5.91 Å². The zero-order chi connectivity index (χ0) is 10.0. The molecule has 0 radical (unpaired) electrons. The van der Waals surface area contributed by atoms with Gasteiger partial charge in [-0.1, -0.05) is 17.7 Å². The Morgan fingerprint density at radius 3 is 2.62 bits per heavy atom. The number of halogens is 1. The maximum atomic E-state index is 11.2. The van der Waals surface area contributed by atoms with Gasteiger partial charge in [-0.3, -0.25) is 10.2 Å². The number of aryl methyl sites for hydroxylation is 1. The molecule has 1 aromatic rings. The van der Waals surface area contributed by atoms with Gasteiger partial charge in [-0.05, 0) is 31.0 Å². The second-order valence-electron chi connectivity index (χ2n) is 2.84. The van der Waals surface area contributed by atoms with Gasteiger partial charge < -0.3 is 0 Å². The van der Waals surface area contributed by atoms with Crippen LogP contribution in [0.4, 0.5) is 0 Å². The van der Waals surface area contributed by atoms with Crippen molar-refractivity contribution in [3.8, 4) is 0 Å². The summed E-state index contributed by atoms with van der Waals surface area (Å²) in [5, 5.41) is 0.461. The zero-order valence-corrected chi connectivity index (χ0v) is 8.27. The molecular weight excluding hydrogens is 188 g/mol. The van der Waals surface area contributed by atoms with Crippen LogP contribution < -0.4 is 11.3 Å². The minimum Gasteiger partial charge on any atom is -0.290 e. The van der Waals surface area contributed by atoms with Crippen molar-refractivity contribution in [2.24, 2.45) is 5.84 Å². The summed E-state index contributed by atoms with van der Waals surface area (Å²) in [5.74, 6) is 4.64. The molecule has 0 bridgehead atoms. The van der Waals surface area contributed by atoms with E-state index in [1.54, 1.807) is 6.07 Å². The third-order valence-electron chi connectivity index (χ3n) is 2.03. The van der Waals surface area contributed by atoms with Crippen molar-refractivity contribution in [1.29, 1.82) is 0 Å². The Hall–Kier alpha value is -1.06. The number of carbonyl (C=O) groups is 1. The van der Waals surface area contributed by atoms with Gasteiger partial charge in [0.15, 0.2) is 0 Å². The van der Waals surface area contributed by atoms with Crippen molar-refractivity contribution >= 4 is 17.5 Å². The fraction of sp³-hybridized carbons (Fsp3) is 0.222. The molecule has 0 aliphatic rings. The van der Waals surface area contributed by atoms with Crippen LogP contribution in [0.1, 0.15) is 21.5 Å². The van der Waals surface area contributed by atoms with Crippen LogP contribution in [0.5, 0.6) is 0 Å². The maximum Gasteiger partial charge on any atom is 0.266 e. The average Bonchev–Trinajstić information content (AvgIpc) is 2.13. The fourth-order valence-corrected chi connectivity index (χ4v) is 1.33. The number of rotatable bonds is 1. The molecule has 1 rings (SSSR count). The smallest absolute Gasteiger partial charge is 0.266 e. The first kappa shape index (κ1) is 10.0. The molecule has 1 amide bonds. The Bertz CT molecular complexity index is 350. The lowest BCUT2D eigenvalue weighted by Gasteiger charge is -2.07. The zero-order valence-electron chi connectivity index (χ0n) is 7.52. The number of nitrogen functional groups attached to an aromatic ring is 1. The highest BCUT2D eigenvalue weighted by molar-refractivity contribution is 6.34. The Morgan fingerprint density at radius 2 is 2.08 bits per heavy atom. The van der Waals surface area contributed by atoms with Crippen molar-refractivity contribution in [1.82, 2.24) is 5.43 Å². The fourth-order valence-electron chi connectivity index (χ4n) is 1.03. The largest absolute Gasteiger partial charge is 0.290 e. The van der Waals surface area contributed by atoms with Crippen LogP contribution in [0.3, 0.4) is 0 Å². The van der Waals surface area contributed by atoms with Crippen molar-refractivity contribution in [2.75, 3.05) is 0 Å². The molecule has 0 spiro atoms. The quantitative estimate of drug-likeness (QED) is 0.409. The van der Waals surface area contributed by atoms with Crippen molar-refractivity contribution in [3.05, 3.63) is 33.8 Å². The van der Waals surface area contributed by atoms with E-state index < -0.39 is 0 Å². The summed E-state index contributed by atoms with van der Waals surface area (Å²) in [6.45, 7) is 3.80. The first-order valence-electron chi connectivity index (χ1n) is 3.84. The summed E-state index contributed by atoms with van der Waals surface area (Å²) in [7, 11) is 0. The molecule has 0 unspecified atom stereocenters. The lowest BCUT2D eigenvalue weighted by atomic mass is 10.1. The third-order valence-corrected chi connectivity index (χ3v) is 2.52. The number of amides is 1. The van der Waals surface area contributed by atoms with Crippen LogP contribution in [0.15, 0.2) is 12.1 Å². The summed E-state index contributed by atoms with van der Waals surface area (Å²) in [4.78, 5) is 11.2. The molecule has 1 aromatic carbocycles. The van der Waals surface area contributed by atoms with Gasteiger partial charge in [0.1, 0.15) is 0 Å². The van der Waals surface area contributed by atoms with Gasteiger partial charge in [-0.2, -0.15) is 0 Å². The van der Waals surface area contributed by atoms with E-state index >= 15 is 0 Å². The van der Waals surface area contributed by atoms with Crippen LogP contribution in [0.25, 0.3) is 0 Å². The number of hydrogen-bond donors (Lipinski definition) is 2. The van der Waals surface area contributed by atoms with Crippen molar-refractivity contribution in [3.63, 3.8) is 0 Å². The lowest BCUT2D eigenvalue weighted by molar-refractivity contribution is 0.0953. The summed E-state index contributed by atoms with van der Waals surface area (Å²) >= 11 is 5.96. The lowest BCUT2D eigenvalue weighted by Crippen LogP contribution is -2.30. The maximum absolute atomic E-state index is 11.2. The molecule has 0 fully saturated rings. The monoisotopic (exact) mass is 198 g/mol. The highest BCUT2D eigenvalue weighted by atomic mass is 35.5. The van der Waals surface area contributed by atoms with Gasteiger partial charge in [-0.15, -0.1) is 0 Å². The number of nitrogens with two attached hydrogens (primary N) is 1. The van der Waals surface area contributed by atoms with Crippen LogP contribution in [0, 0.1) is 13.8 Å². The SMILES string of the molecule is Cc1ccc(C(=O)NN)c(Cl)c1C. The van der Waals surface area contributed by atoms with E-state index in [-0.39, 0.29) is 5.91 Å². The first-order valence-corrected chi connectivity index (χ1v) is 4.22. The molecular formula is C9H11ClN2O. The van der Waals surface area contributed by atoms with E-state index in [1.165, 1.54) is 0 Å². The normalized spacial score (nSPS) is 9.85. The summed E-state index contributed by atoms with van der Waals surface area (Å²) in [6.07, 6.45) is 0. The van der Waals surface area contributed by atoms with Gasteiger partial charge in [-0.25, -0.2) is 5.84 Å². The molecule has 0 saturated carbocycles. The number of benzene rings is 1. The minimum absolute atomic E-state index is 0.367. The van der Waals surface area contributed by atoms with Gasteiger partial charge in [0, 0.05) is 0 Å². The Labute approximate surface area is 81.9 Å². The Morgan fingerprint density at radius 1 is 1.46 bits per heavy atom. The topological polar surface area (TPSA) is 55.1 Å². The highest BCUT2D eigenvalue weighted by Gasteiger charge is 2.11. The van der Waals surface area contributed by atoms with E-state index in [0.717, 1.165) is 11.1 Å². The summed E-state index contributed by atoms with van der Waals surface area (Å²) in [6, 6.07) is 3.50. The van der Waals surface area contributed by atoms with Gasteiger partial charge >= 0.3 is 0 Å². The van der Waals surface area contributed by atoms with E-state index in [4.69, 9.17) is 17.4 Å². The standard InChI is InChI=1S/C9H11ClN2O/c1-5-3-4-7(9(13)12-11)8(10)6(5)2/h3-4H,11H2,1-2H3,(H,12,13). The molecule has 3 nitrogen and oxygen atoms in total. The van der Waals surface area contributed by atoms with Crippen LogP contribution >= 0.6 is 11.6 Å². The second-order valence-corrected chi connectivity index (χ2v) is 3.22. The molecule has 0 aliphatic carbocycles. The molecule has 0 heterocycles. The summed E-state index contributed by atoms with van der Waals surface area (Å²) in [5.41, 5.74) is 4.41. The Kier molecular flexibility index (Phi) is 2.90. The molecule has 4 heteroatoms. The predicted molar refractivity (Wildman–Crippen MR) is 52.6 cm³/mol. The molecule has 13 heavy (non-hydrogen) atoms. The third kappa shape index (κ3) is 1.82. The second kappa shape index (κ2) is 3.77. The molecule has 0 saturated heterocycles. The van der Waals surface area contributed by atoms with Gasteiger partial charge in [0.05, 0.1) is 10.6 Å². The molecule has 70 valence electrons. The minimum atomic E-state index is -0.367. The van der Waals surface area contributed by atoms with E-state index in [0.29, 0.717) is 10.6 Å². The molecule has 3 N–H and O–H groups in total. The number of hydrogen-bond acceptors (Lipinski definition) is 2. The van der Waals surface area contributed by atoms with E-state index in [9.17, 15) is 4.79 Å². The van der Waals surface area contributed by atoms with E-state index in [1.807, 2.05) is 25.3 Å². The highest BCUT2D eigenvalue weighted by Crippen LogP contribution is 2.23. The summed E-state index contributed by atoms with van der Waals surface area (Å²) < 4.78 is 0. The van der Waals surface area contributed by atoms with Crippen LogP contribution in [-0.4, -0.2) is 5.91 Å². The van der Waals surface area contributed by atoms with Crippen LogP contribution in [0.2, 0.25) is 5.02 Å². The Balaban J connectivity index is 3.26.